The van der Waals surface area contributed by atoms with E-state index in [-0.39, 0.29) is 6.04 Å². The van der Waals surface area contributed by atoms with Crippen molar-refractivity contribution in [2.45, 2.75) is 19.9 Å². The lowest BCUT2D eigenvalue weighted by Gasteiger charge is -2.18. The number of hydrogen-bond donors (Lipinski definition) is 1. The van der Waals surface area contributed by atoms with Crippen LogP contribution in [0.15, 0.2) is 42.5 Å². The molecule has 1 atom stereocenters. The Balaban J connectivity index is 2.20. The molecule has 0 fully saturated rings. The quantitative estimate of drug-likeness (QED) is 0.863. The monoisotopic (exact) mass is 275 g/mol. The maximum atomic E-state index is 6.03. The van der Waals surface area contributed by atoms with Gasteiger partial charge in [-0.2, -0.15) is 0 Å². The van der Waals surface area contributed by atoms with Crippen molar-refractivity contribution in [1.82, 2.24) is 0 Å². The zero-order chi connectivity index (χ0) is 13.8. The average molecular weight is 276 g/mol. The Morgan fingerprint density at radius 1 is 1.16 bits per heavy atom. The zero-order valence-corrected chi connectivity index (χ0v) is 12.2. The number of nitrogens with one attached hydrogen (secondary N) is 1. The smallest absolute Gasteiger partial charge is 0.119 e. The van der Waals surface area contributed by atoms with Crippen molar-refractivity contribution in [3.63, 3.8) is 0 Å². The molecule has 19 heavy (non-hydrogen) atoms. The fourth-order valence-corrected chi connectivity index (χ4v) is 2.15. The molecule has 0 radical (unpaired) electrons. The first-order chi connectivity index (χ1) is 9.10. The summed E-state index contributed by atoms with van der Waals surface area (Å²) in [6.07, 6.45) is 0. The van der Waals surface area contributed by atoms with Crippen LogP contribution in [0.5, 0.6) is 5.75 Å². The van der Waals surface area contributed by atoms with Crippen LogP contribution in [0.4, 0.5) is 5.69 Å². The minimum absolute atomic E-state index is 0.187. The van der Waals surface area contributed by atoms with Crippen molar-refractivity contribution in [2.75, 3.05) is 12.4 Å². The van der Waals surface area contributed by atoms with Crippen molar-refractivity contribution >= 4 is 17.3 Å². The molecule has 0 aliphatic rings. The third kappa shape index (κ3) is 3.42. The molecule has 0 saturated carbocycles. The molecular weight excluding hydrogens is 258 g/mol. The maximum absolute atomic E-state index is 6.03. The summed E-state index contributed by atoms with van der Waals surface area (Å²) < 4.78 is 5.25. The van der Waals surface area contributed by atoms with Crippen molar-refractivity contribution in [2.24, 2.45) is 0 Å². The molecule has 2 nitrogen and oxygen atoms in total. The molecule has 1 N–H and O–H groups in total. The topological polar surface area (TPSA) is 21.3 Å². The van der Waals surface area contributed by atoms with E-state index in [1.807, 2.05) is 36.4 Å². The molecule has 0 amide bonds. The van der Waals surface area contributed by atoms with Crippen molar-refractivity contribution < 1.29 is 4.74 Å². The van der Waals surface area contributed by atoms with Gasteiger partial charge in [-0.05, 0) is 49.2 Å². The Morgan fingerprint density at radius 3 is 2.68 bits per heavy atom. The van der Waals surface area contributed by atoms with Crippen LogP contribution in [0, 0.1) is 6.92 Å². The number of rotatable bonds is 4. The second-order valence-electron chi connectivity index (χ2n) is 4.60. The summed E-state index contributed by atoms with van der Waals surface area (Å²) >= 11 is 6.03. The van der Waals surface area contributed by atoms with E-state index in [1.165, 1.54) is 11.1 Å². The van der Waals surface area contributed by atoms with Gasteiger partial charge in [-0.15, -0.1) is 0 Å². The highest BCUT2D eigenvalue weighted by molar-refractivity contribution is 6.30. The van der Waals surface area contributed by atoms with Gasteiger partial charge >= 0.3 is 0 Å². The van der Waals surface area contributed by atoms with Gasteiger partial charge in [0.1, 0.15) is 5.75 Å². The summed E-state index contributed by atoms with van der Waals surface area (Å²) in [5.41, 5.74) is 3.42. The van der Waals surface area contributed by atoms with Crippen molar-refractivity contribution in [3.05, 3.63) is 58.6 Å². The van der Waals surface area contributed by atoms with E-state index in [1.54, 1.807) is 7.11 Å². The van der Waals surface area contributed by atoms with Crippen LogP contribution in [0.1, 0.15) is 24.1 Å². The Morgan fingerprint density at radius 2 is 1.95 bits per heavy atom. The third-order valence-corrected chi connectivity index (χ3v) is 3.40. The molecule has 2 aromatic rings. The Kier molecular flexibility index (Phi) is 4.33. The molecule has 100 valence electrons. The SMILES string of the molecule is COc1cccc(C(C)Nc2cc(Cl)ccc2C)c1. The van der Waals surface area contributed by atoms with Crippen LogP contribution in [0.25, 0.3) is 0 Å². The lowest BCUT2D eigenvalue weighted by atomic mass is 10.1. The van der Waals surface area contributed by atoms with E-state index in [2.05, 4.69) is 25.2 Å². The van der Waals surface area contributed by atoms with Gasteiger partial charge in [0, 0.05) is 16.8 Å². The minimum Gasteiger partial charge on any atom is -0.497 e. The van der Waals surface area contributed by atoms with Crippen LogP contribution in [-0.4, -0.2) is 7.11 Å². The van der Waals surface area contributed by atoms with E-state index in [4.69, 9.17) is 16.3 Å². The largest absolute Gasteiger partial charge is 0.497 e. The first-order valence-corrected chi connectivity index (χ1v) is 6.64. The van der Waals surface area contributed by atoms with E-state index >= 15 is 0 Å². The summed E-state index contributed by atoms with van der Waals surface area (Å²) in [4.78, 5) is 0. The maximum Gasteiger partial charge on any atom is 0.119 e. The van der Waals surface area contributed by atoms with Crippen molar-refractivity contribution in [1.29, 1.82) is 0 Å². The number of aryl methyl sites for hydroxylation is 1. The summed E-state index contributed by atoms with van der Waals surface area (Å²) in [5, 5.41) is 4.22. The molecule has 3 heteroatoms. The van der Waals surface area contributed by atoms with Gasteiger partial charge in [-0.25, -0.2) is 0 Å². The van der Waals surface area contributed by atoms with Gasteiger partial charge in [0.15, 0.2) is 0 Å². The molecule has 0 spiro atoms. The van der Waals surface area contributed by atoms with Crippen LogP contribution >= 0.6 is 11.6 Å². The molecule has 0 saturated heterocycles. The molecular formula is C16H18ClNO. The Hall–Kier alpha value is -1.67. The molecule has 0 aromatic heterocycles. The molecule has 0 heterocycles. The van der Waals surface area contributed by atoms with Crippen LogP contribution in [0.2, 0.25) is 5.02 Å². The Bertz CT molecular complexity index is 568. The number of methoxy groups -OCH3 is 1. The number of anilines is 1. The summed E-state index contributed by atoms with van der Waals surface area (Å²) in [5.74, 6) is 0.869. The first kappa shape index (κ1) is 13.8. The molecule has 2 aromatic carbocycles. The van der Waals surface area contributed by atoms with Gasteiger partial charge in [-0.3, -0.25) is 0 Å². The fraction of sp³-hybridized carbons (Fsp3) is 0.250. The number of ether oxygens (including phenoxy) is 1. The second kappa shape index (κ2) is 5.98. The highest BCUT2D eigenvalue weighted by atomic mass is 35.5. The van der Waals surface area contributed by atoms with Crippen molar-refractivity contribution in [3.8, 4) is 5.75 Å². The highest BCUT2D eigenvalue weighted by Crippen LogP contribution is 2.26. The van der Waals surface area contributed by atoms with Gasteiger partial charge < -0.3 is 10.1 Å². The lowest BCUT2D eigenvalue weighted by molar-refractivity contribution is 0.414. The van der Waals surface area contributed by atoms with E-state index in [0.29, 0.717) is 0 Å². The standard InChI is InChI=1S/C16H18ClNO/c1-11-7-8-14(17)10-16(11)18-12(2)13-5-4-6-15(9-13)19-3/h4-10,12,18H,1-3H3. The van der Waals surface area contributed by atoms with Crippen LogP contribution in [0.3, 0.4) is 0 Å². The second-order valence-corrected chi connectivity index (χ2v) is 5.04. The number of benzene rings is 2. The van der Waals surface area contributed by atoms with Gasteiger partial charge in [0.25, 0.3) is 0 Å². The lowest BCUT2D eigenvalue weighted by Crippen LogP contribution is -2.07. The Labute approximate surface area is 119 Å². The van der Waals surface area contributed by atoms with E-state index in [0.717, 1.165) is 16.5 Å². The fourth-order valence-electron chi connectivity index (χ4n) is 1.98. The predicted octanol–water partition coefficient (Wildman–Crippen LogP) is 4.83. The predicted molar refractivity (Wildman–Crippen MR) is 81.2 cm³/mol. The normalized spacial score (nSPS) is 12.0. The third-order valence-electron chi connectivity index (χ3n) is 3.17. The molecule has 1 unspecified atom stereocenters. The summed E-state index contributed by atoms with van der Waals surface area (Å²) in [6.45, 7) is 4.19. The number of hydrogen-bond acceptors (Lipinski definition) is 2. The zero-order valence-electron chi connectivity index (χ0n) is 11.4. The minimum atomic E-state index is 0.187. The first-order valence-electron chi connectivity index (χ1n) is 6.27. The summed E-state index contributed by atoms with van der Waals surface area (Å²) in [7, 11) is 1.68. The van der Waals surface area contributed by atoms with E-state index in [9.17, 15) is 0 Å². The summed E-state index contributed by atoms with van der Waals surface area (Å²) in [6, 6.07) is 14.1. The average Bonchev–Trinajstić information content (AvgIpc) is 2.43. The van der Waals surface area contributed by atoms with Crippen LogP contribution in [-0.2, 0) is 0 Å². The van der Waals surface area contributed by atoms with Gasteiger partial charge in [0.05, 0.1) is 7.11 Å². The van der Waals surface area contributed by atoms with Gasteiger partial charge in [-0.1, -0.05) is 29.8 Å². The number of halogens is 1. The highest BCUT2D eigenvalue weighted by Gasteiger charge is 2.08. The molecule has 0 bridgehead atoms. The molecule has 2 rings (SSSR count). The van der Waals surface area contributed by atoms with Crippen LogP contribution < -0.4 is 10.1 Å². The van der Waals surface area contributed by atoms with Gasteiger partial charge in [0.2, 0.25) is 0 Å². The van der Waals surface area contributed by atoms with E-state index < -0.39 is 0 Å². The molecule has 0 aliphatic heterocycles. The molecule has 0 aliphatic carbocycles.